The Morgan fingerprint density at radius 2 is 2.12 bits per heavy atom. The quantitative estimate of drug-likeness (QED) is 0.548. The molecule has 0 spiro atoms. The van der Waals surface area contributed by atoms with Crippen LogP contribution in [-0.4, -0.2) is 51.9 Å². The van der Waals surface area contributed by atoms with Crippen LogP contribution in [0.2, 0.25) is 0 Å². The molecule has 5 rings (SSSR count). The molecule has 0 saturated carbocycles. The van der Waals surface area contributed by atoms with Gasteiger partial charge in [-0.1, -0.05) is 6.08 Å². The van der Waals surface area contributed by atoms with Crippen molar-refractivity contribution in [2.75, 3.05) is 25.5 Å². The Hall–Kier alpha value is -3.85. The summed E-state index contributed by atoms with van der Waals surface area (Å²) in [5.41, 5.74) is 2.47. The summed E-state index contributed by atoms with van der Waals surface area (Å²) >= 11 is 1.67. The van der Waals surface area contributed by atoms with E-state index in [9.17, 15) is 9.59 Å². The van der Waals surface area contributed by atoms with Crippen molar-refractivity contribution in [3.63, 3.8) is 0 Å². The maximum atomic E-state index is 12.7. The number of carbonyl (C=O) groups excluding carboxylic acids is 2. The standard InChI is InChI=1S/C25H23N5O3S/c1-33-21-10-18(12-26-13-21)24(32)29-22-4-2-16(11-28-22)3-5-23(31)30-14-19-8-17(9-20(19)15-30)25-27-6-7-34-25/h2-8,10-13,19-20H,9,14-15H2,1H3,(H,28,29,32). The predicted octanol–water partition coefficient (Wildman–Crippen LogP) is 3.77. The van der Waals surface area contributed by atoms with Crippen molar-refractivity contribution >= 4 is 40.6 Å². The number of allylic oxidation sites excluding steroid dienone is 1. The van der Waals surface area contributed by atoms with Crippen molar-refractivity contribution in [3.8, 4) is 5.75 Å². The number of pyridine rings is 2. The maximum absolute atomic E-state index is 12.7. The van der Waals surface area contributed by atoms with Crippen LogP contribution >= 0.6 is 11.3 Å². The first kappa shape index (κ1) is 22.0. The van der Waals surface area contributed by atoms with Crippen molar-refractivity contribution in [2.45, 2.75) is 6.42 Å². The lowest BCUT2D eigenvalue weighted by Crippen LogP contribution is -2.27. The van der Waals surface area contributed by atoms with Gasteiger partial charge in [0, 0.05) is 43.1 Å². The normalized spacial score (nSPS) is 19.2. The Morgan fingerprint density at radius 1 is 1.21 bits per heavy atom. The molecular formula is C25H23N5O3S. The summed E-state index contributed by atoms with van der Waals surface area (Å²) in [6, 6.07) is 5.10. The Bertz CT molecular complexity index is 1250. The maximum Gasteiger partial charge on any atom is 0.258 e. The third-order valence-corrected chi connectivity index (χ3v) is 6.91. The van der Waals surface area contributed by atoms with Gasteiger partial charge in [0.05, 0.1) is 18.9 Å². The Labute approximate surface area is 201 Å². The number of nitrogens with zero attached hydrogens (tertiary/aromatic N) is 4. The van der Waals surface area contributed by atoms with Gasteiger partial charge in [-0.05, 0) is 53.7 Å². The topological polar surface area (TPSA) is 97.3 Å². The van der Waals surface area contributed by atoms with Gasteiger partial charge in [-0.2, -0.15) is 0 Å². The Morgan fingerprint density at radius 3 is 2.85 bits per heavy atom. The second-order valence-corrected chi connectivity index (χ2v) is 9.17. The number of ether oxygens (including phenoxy) is 1. The molecular weight excluding hydrogens is 450 g/mol. The average molecular weight is 474 g/mol. The van der Waals surface area contributed by atoms with Crippen LogP contribution in [0.15, 0.2) is 60.5 Å². The highest BCUT2D eigenvalue weighted by atomic mass is 32.1. The van der Waals surface area contributed by atoms with E-state index in [1.165, 1.54) is 25.1 Å². The van der Waals surface area contributed by atoms with Gasteiger partial charge in [0.2, 0.25) is 5.91 Å². The van der Waals surface area contributed by atoms with Crippen LogP contribution in [0.3, 0.4) is 0 Å². The first-order chi connectivity index (χ1) is 16.6. The van der Waals surface area contributed by atoms with Gasteiger partial charge in [-0.25, -0.2) is 9.97 Å². The Balaban J connectivity index is 1.15. The fourth-order valence-corrected chi connectivity index (χ4v) is 5.00. The van der Waals surface area contributed by atoms with Crippen molar-refractivity contribution in [2.24, 2.45) is 11.8 Å². The number of methoxy groups -OCH3 is 1. The summed E-state index contributed by atoms with van der Waals surface area (Å²) in [4.78, 5) is 39.6. The smallest absolute Gasteiger partial charge is 0.258 e. The highest BCUT2D eigenvalue weighted by molar-refractivity contribution is 7.10. The number of rotatable bonds is 6. The van der Waals surface area contributed by atoms with E-state index in [1.54, 1.807) is 47.9 Å². The molecule has 3 aromatic rings. The molecule has 1 N–H and O–H groups in total. The van der Waals surface area contributed by atoms with E-state index in [0.717, 1.165) is 30.1 Å². The van der Waals surface area contributed by atoms with Crippen LogP contribution in [0.1, 0.15) is 27.3 Å². The summed E-state index contributed by atoms with van der Waals surface area (Å²) in [7, 11) is 1.52. The molecule has 2 aliphatic rings. The molecule has 0 radical (unpaired) electrons. The van der Waals surface area contributed by atoms with Crippen LogP contribution in [0.4, 0.5) is 5.82 Å². The molecule has 1 aliphatic heterocycles. The van der Waals surface area contributed by atoms with E-state index in [2.05, 4.69) is 26.3 Å². The van der Waals surface area contributed by atoms with Crippen molar-refractivity contribution in [1.29, 1.82) is 0 Å². The zero-order chi connectivity index (χ0) is 23.5. The number of hydrogen-bond acceptors (Lipinski definition) is 7. The second kappa shape index (κ2) is 9.56. The molecule has 2 unspecified atom stereocenters. The zero-order valence-corrected chi connectivity index (χ0v) is 19.4. The summed E-state index contributed by atoms with van der Waals surface area (Å²) in [6.45, 7) is 1.51. The van der Waals surface area contributed by atoms with Crippen LogP contribution < -0.4 is 10.1 Å². The molecule has 8 nitrogen and oxygen atoms in total. The zero-order valence-electron chi connectivity index (χ0n) is 18.5. The third kappa shape index (κ3) is 4.74. The third-order valence-electron chi connectivity index (χ3n) is 6.07. The van der Waals surface area contributed by atoms with E-state index in [4.69, 9.17) is 4.74 Å². The second-order valence-electron chi connectivity index (χ2n) is 8.28. The minimum Gasteiger partial charge on any atom is -0.495 e. The van der Waals surface area contributed by atoms with E-state index in [0.29, 0.717) is 29.0 Å². The number of carbonyl (C=O) groups is 2. The molecule has 9 heteroatoms. The lowest BCUT2D eigenvalue weighted by molar-refractivity contribution is -0.125. The first-order valence-corrected chi connectivity index (χ1v) is 11.8. The van der Waals surface area contributed by atoms with Gasteiger partial charge in [0.25, 0.3) is 5.91 Å². The monoisotopic (exact) mass is 473 g/mol. The lowest BCUT2D eigenvalue weighted by atomic mass is 10.00. The fourth-order valence-electron chi connectivity index (χ4n) is 4.32. The largest absolute Gasteiger partial charge is 0.495 e. The molecule has 1 saturated heterocycles. The Kier molecular flexibility index (Phi) is 6.18. The highest BCUT2D eigenvalue weighted by Crippen LogP contribution is 2.41. The lowest BCUT2D eigenvalue weighted by Gasteiger charge is -2.14. The molecule has 34 heavy (non-hydrogen) atoms. The fraction of sp³-hybridized carbons (Fsp3) is 0.240. The summed E-state index contributed by atoms with van der Waals surface area (Å²) in [6.07, 6.45) is 13.1. The van der Waals surface area contributed by atoms with E-state index >= 15 is 0 Å². The predicted molar refractivity (Wildman–Crippen MR) is 130 cm³/mol. The number of nitrogens with one attached hydrogen (secondary N) is 1. The van der Waals surface area contributed by atoms with Crippen LogP contribution in [-0.2, 0) is 4.79 Å². The minimum atomic E-state index is -0.330. The minimum absolute atomic E-state index is 0.00139. The van der Waals surface area contributed by atoms with Crippen LogP contribution in [0.5, 0.6) is 5.75 Å². The number of aromatic nitrogens is 3. The van der Waals surface area contributed by atoms with Gasteiger partial charge in [0.1, 0.15) is 16.6 Å². The van der Waals surface area contributed by atoms with Crippen molar-refractivity contribution in [1.82, 2.24) is 19.9 Å². The molecule has 0 bridgehead atoms. The number of hydrogen-bond donors (Lipinski definition) is 1. The molecule has 0 aromatic carbocycles. The van der Waals surface area contributed by atoms with Gasteiger partial charge in [0.15, 0.2) is 0 Å². The average Bonchev–Trinajstić information content (AvgIpc) is 3.60. The molecule has 1 aliphatic carbocycles. The molecule has 4 heterocycles. The van der Waals surface area contributed by atoms with E-state index in [-0.39, 0.29) is 11.8 Å². The number of amides is 2. The van der Waals surface area contributed by atoms with Gasteiger partial charge in [-0.15, -0.1) is 11.3 Å². The van der Waals surface area contributed by atoms with Gasteiger partial charge < -0.3 is 15.0 Å². The number of anilines is 1. The summed E-state index contributed by atoms with van der Waals surface area (Å²) in [5.74, 6) is 1.46. The molecule has 2 amide bonds. The molecule has 3 aromatic heterocycles. The van der Waals surface area contributed by atoms with E-state index in [1.807, 2.05) is 16.5 Å². The summed E-state index contributed by atoms with van der Waals surface area (Å²) in [5, 5.41) is 5.82. The highest BCUT2D eigenvalue weighted by Gasteiger charge is 2.38. The van der Waals surface area contributed by atoms with E-state index < -0.39 is 0 Å². The summed E-state index contributed by atoms with van der Waals surface area (Å²) < 4.78 is 5.09. The first-order valence-electron chi connectivity index (χ1n) is 10.9. The molecule has 172 valence electrons. The van der Waals surface area contributed by atoms with Crippen molar-refractivity contribution < 1.29 is 14.3 Å². The number of thiazole rings is 1. The van der Waals surface area contributed by atoms with Crippen LogP contribution in [0, 0.1) is 11.8 Å². The van der Waals surface area contributed by atoms with Gasteiger partial charge in [-0.3, -0.25) is 14.6 Å². The number of fused-ring (bicyclic) bond motifs is 1. The SMILES string of the molecule is COc1cncc(C(=O)Nc2ccc(C=CC(=O)N3CC4C=C(c5nccs5)CC4C3)cn2)c1. The van der Waals surface area contributed by atoms with Crippen molar-refractivity contribution in [3.05, 3.63) is 76.7 Å². The van der Waals surface area contributed by atoms with Gasteiger partial charge >= 0.3 is 0 Å². The molecule has 1 fully saturated rings. The number of likely N-dealkylation sites (tertiary alicyclic amines) is 1. The molecule has 2 atom stereocenters. The van der Waals surface area contributed by atoms with Crippen LogP contribution in [0.25, 0.3) is 11.6 Å².